The largest absolute Gasteiger partial charge is 0.760 e. The molecule has 0 aliphatic rings. The van der Waals surface area contributed by atoms with Crippen LogP contribution >= 0.6 is 0 Å². The van der Waals surface area contributed by atoms with Crippen molar-refractivity contribution in [1.29, 1.82) is 0 Å². The van der Waals surface area contributed by atoms with Gasteiger partial charge in [-0.1, -0.05) is 25.9 Å². The summed E-state index contributed by atoms with van der Waals surface area (Å²) < 4.78 is 35.2. The summed E-state index contributed by atoms with van der Waals surface area (Å²) in [6.07, 6.45) is 2.61. The Labute approximate surface area is 191 Å². The zero-order chi connectivity index (χ0) is 23.3. The molecule has 0 fully saturated rings. The van der Waals surface area contributed by atoms with E-state index in [0.29, 0.717) is 23.5 Å². The Balaban J connectivity index is 1.92. The number of aromatic nitrogens is 3. The minimum Gasteiger partial charge on any atom is -0.760 e. The molecule has 2 heterocycles. The van der Waals surface area contributed by atoms with Gasteiger partial charge in [-0.3, -0.25) is 4.21 Å². The Morgan fingerprint density at radius 1 is 1.19 bits per heavy atom. The lowest BCUT2D eigenvalue weighted by Crippen LogP contribution is -2.17. The monoisotopic (exact) mass is 457 g/mol. The van der Waals surface area contributed by atoms with Crippen molar-refractivity contribution < 1.29 is 18.0 Å². The molecule has 9 heteroatoms. The summed E-state index contributed by atoms with van der Waals surface area (Å²) in [6.45, 7) is 8.58. The maximum absolute atomic E-state index is 10.9. The highest BCUT2D eigenvalue weighted by molar-refractivity contribution is 7.77. The first-order valence-electron chi connectivity index (χ1n) is 10.6. The van der Waals surface area contributed by atoms with Crippen LogP contribution in [0.15, 0.2) is 28.8 Å². The molecule has 2 aromatic heterocycles. The molecule has 3 rings (SSSR count). The Bertz CT molecular complexity index is 1100. The summed E-state index contributed by atoms with van der Waals surface area (Å²) in [5.41, 5.74) is 5.46. The molecule has 172 valence electrons. The van der Waals surface area contributed by atoms with Crippen molar-refractivity contribution in [3.8, 4) is 28.7 Å². The molecule has 0 aliphatic carbocycles. The van der Waals surface area contributed by atoms with Gasteiger partial charge in [-0.05, 0) is 67.0 Å². The molecule has 0 amide bonds. The fraction of sp³-hybridized carbons (Fsp3) is 0.435. The third kappa shape index (κ3) is 5.99. The van der Waals surface area contributed by atoms with Gasteiger partial charge < -0.3 is 13.8 Å². The molecule has 8 nitrogen and oxygen atoms in total. The van der Waals surface area contributed by atoms with Crippen LogP contribution in [0.1, 0.15) is 49.6 Å². The van der Waals surface area contributed by atoms with E-state index < -0.39 is 11.3 Å². The zero-order valence-electron chi connectivity index (χ0n) is 19.1. The summed E-state index contributed by atoms with van der Waals surface area (Å²) in [4.78, 5) is 9.13. The lowest BCUT2D eigenvalue weighted by Gasteiger charge is -2.15. The third-order valence-electron chi connectivity index (χ3n) is 5.29. The molecule has 0 aliphatic heterocycles. The number of benzene rings is 1. The molecule has 0 radical (unpaired) electrons. The fourth-order valence-corrected chi connectivity index (χ4v) is 3.79. The Morgan fingerprint density at radius 2 is 1.97 bits per heavy atom. The zero-order valence-corrected chi connectivity index (χ0v) is 19.9. The fourth-order valence-electron chi connectivity index (χ4n) is 3.53. The first-order chi connectivity index (χ1) is 15.3. The Kier molecular flexibility index (Phi) is 8.11. The van der Waals surface area contributed by atoms with Crippen molar-refractivity contribution >= 4 is 11.3 Å². The van der Waals surface area contributed by atoms with E-state index in [1.807, 2.05) is 32.0 Å². The van der Waals surface area contributed by atoms with Crippen molar-refractivity contribution in [2.45, 2.75) is 53.5 Å². The molecule has 3 aromatic rings. The lowest BCUT2D eigenvalue weighted by molar-refractivity contribution is 0.394. The van der Waals surface area contributed by atoms with Crippen LogP contribution in [-0.2, 0) is 30.7 Å². The van der Waals surface area contributed by atoms with E-state index in [4.69, 9.17) is 9.26 Å². The molecule has 1 atom stereocenters. The average Bonchev–Trinajstić information content (AvgIpc) is 3.26. The van der Waals surface area contributed by atoms with Gasteiger partial charge in [0.2, 0.25) is 11.7 Å². The topological polar surface area (TPSA) is 113 Å². The number of nitrogens with zero attached hydrogens (tertiary/aromatic N) is 3. The van der Waals surface area contributed by atoms with E-state index in [1.165, 1.54) is 0 Å². The highest BCUT2D eigenvalue weighted by Crippen LogP contribution is 2.28. The third-order valence-corrected chi connectivity index (χ3v) is 5.67. The molecular weight excluding hydrogens is 428 g/mol. The molecule has 0 spiro atoms. The maximum atomic E-state index is 10.9. The minimum absolute atomic E-state index is 0.249. The van der Waals surface area contributed by atoms with Gasteiger partial charge in [-0.2, -0.15) is 4.98 Å². The molecular formula is C23H29N4O4S-. The van der Waals surface area contributed by atoms with Crippen molar-refractivity contribution in [1.82, 2.24) is 19.8 Å². The van der Waals surface area contributed by atoms with E-state index in [1.54, 1.807) is 13.2 Å². The van der Waals surface area contributed by atoms with Gasteiger partial charge in [0, 0.05) is 40.7 Å². The minimum atomic E-state index is -2.31. The summed E-state index contributed by atoms with van der Waals surface area (Å²) in [5.74, 6) is 1.96. The van der Waals surface area contributed by atoms with Crippen molar-refractivity contribution in [2.75, 3.05) is 7.11 Å². The second kappa shape index (κ2) is 10.8. The van der Waals surface area contributed by atoms with Crippen LogP contribution in [0.2, 0.25) is 0 Å². The Hall–Kier alpha value is -2.62. The lowest BCUT2D eigenvalue weighted by atomic mass is 9.96. The van der Waals surface area contributed by atoms with Gasteiger partial charge in [-0.15, -0.1) is 0 Å². The van der Waals surface area contributed by atoms with Gasteiger partial charge in [0.1, 0.15) is 0 Å². The predicted molar refractivity (Wildman–Crippen MR) is 123 cm³/mol. The number of pyridine rings is 1. The van der Waals surface area contributed by atoms with Crippen molar-refractivity contribution in [2.24, 2.45) is 5.92 Å². The summed E-state index contributed by atoms with van der Waals surface area (Å²) >= 11 is -2.31. The van der Waals surface area contributed by atoms with Gasteiger partial charge in [0.05, 0.1) is 7.11 Å². The first kappa shape index (κ1) is 24.0. The molecule has 0 bridgehead atoms. The Morgan fingerprint density at radius 3 is 2.62 bits per heavy atom. The van der Waals surface area contributed by atoms with Gasteiger partial charge >= 0.3 is 0 Å². The number of nitrogens with one attached hydrogen (secondary N) is 1. The normalized spacial score (nSPS) is 12.3. The maximum Gasteiger partial charge on any atom is 0.258 e. The van der Waals surface area contributed by atoms with E-state index in [9.17, 15) is 8.76 Å². The number of aryl methyl sites for hydroxylation is 3. The number of rotatable bonds is 10. The van der Waals surface area contributed by atoms with Crippen molar-refractivity contribution in [3.63, 3.8) is 0 Å². The molecule has 32 heavy (non-hydrogen) atoms. The molecule has 0 saturated carbocycles. The molecule has 1 aromatic carbocycles. The second-order valence-electron chi connectivity index (χ2n) is 8.09. The van der Waals surface area contributed by atoms with E-state index in [2.05, 4.69) is 33.7 Å². The smallest absolute Gasteiger partial charge is 0.258 e. The molecule has 0 saturated heterocycles. The number of hydrogen-bond acceptors (Lipinski definition) is 7. The van der Waals surface area contributed by atoms with Crippen LogP contribution in [-0.4, -0.2) is 31.0 Å². The van der Waals surface area contributed by atoms with E-state index in [0.717, 1.165) is 52.8 Å². The molecule has 1 N–H and O–H groups in total. The van der Waals surface area contributed by atoms with Gasteiger partial charge in [0.25, 0.3) is 5.89 Å². The second-order valence-corrected chi connectivity index (χ2v) is 8.84. The van der Waals surface area contributed by atoms with Crippen LogP contribution in [0.5, 0.6) is 5.88 Å². The van der Waals surface area contributed by atoms with Crippen LogP contribution in [0.25, 0.3) is 22.8 Å². The summed E-state index contributed by atoms with van der Waals surface area (Å²) in [6, 6.07) is 7.67. The first-order valence-corrected chi connectivity index (χ1v) is 11.7. The predicted octanol–water partition coefficient (Wildman–Crippen LogP) is 4.15. The standard InChI is InChI=1S/C23H30N4O4S/c1-6-16-10-17(9-15(4)20(16)13-24-32(28)29)22-26-23(31-27-22)18-11-19(8-7-14(2)3)25-21(12-18)30-5/h9-12,14,24H,6-8,13H2,1-5H3,(H,28,29)/p-1. The number of hydrogen-bond donors (Lipinski definition) is 1. The highest BCUT2D eigenvalue weighted by Gasteiger charge is 2.16. The van der Waals surface area contributed by atoms with Crippen LogP contribution < -0.4 is 9.46 Å². The van der Waals surface area contributed by atoms with E-state index in [-0.39, 0.29) is 6.54 Å². The van der Waals surface area contributed by atoms with Gasteiger partial charge in [0.15, 0.2) is 0 Å². The quantitative estimate of drug-likeness (QED) is 0.455. The van der Waals surface area contributed by atoms with Gasteiger partial charge in [-0.25, -0.2) is 9.71 Å². The summed E-state index contributed by atoms with van der Waals surface area (Å²) in [5, 5.41) is 4.18. The van der Waals surface area contributed by atoms with Crippen LogP contribution in [0, 0.1) is 12.8 Å². The SMILES string of the molecule is CCc1cc(-c2noc(-c3cc(CCC(C)C)nc(OC)c3)n2)cc(C)c1CNS(=O)[O-]. The van der Waals surface area contributed by atoms with E-state index >= 15 is 0 Å². The van der Waals surface area contributed by atoms with Crippen LogP contribution in [0.3, 0.4) is 0 Å². The number of ether oxygens (including phenoxy) is 1. The van der Waals surface area contributed by atoms with Crippen molar-refractivity contribution in [3.05, 3.63) is 46.6 Å². The molecule has 1 unspecified atom stereocenters. The average molecular weight is 458 g/mol. The number of methoxy groups -OCH3 is 1. The highest BCUT2D eigenvalue weighted by atomic mass is 32.2. The van der Waals surface area contributed by atoms with Crippen LogP contribution in [0.4, 0.5) is 0 Å². The summed E-state index contributed by atoms with van der Waals surface area (Å²) in [7, 11) is 1.59.